The van der Waals surface area contributed by atoms with Crippen molar-refractivity contribution in [2.45, 2.75) is 18.9 Å². The zero-order chi connectivity index (χ0) is 14.4. The van der Waals surface area contributed by atoms with E-state index in [-0.39, 0.29) is 24.1 Å². The molecule has 0 bridgehead atoms. The molecule has 1 aliphatic heterocycles. The van der Waals surface area contributed by atoms with E-state index in [1.807, 2.05) is 0 Å². The fourth-order valence-corrected chi connectivity index (χ4v) is 3.06. The van der Waals surface area contributed by atoms with E-state index in [0.717, 1.165) is 17.9 Å². The summed E-state index contributed by atoms with van der Waals surface area (Å²) in [6.07, 6.45) is 1.28. The summed E-state index contributed by atoms with van der Waals surface area (Å²) in [4.78, 5) is 12.0. The smallest absolute Gasteiger partial charge is 0.254 e. The van der Waals surface area contributed by atoms with Crippen LogP contribution in [0.3, 0.4) is 0 Å². The first-order chi connectivity index (χ1) is 9.70. The first-order valence-corrected chi connectivity index (χ1v) is 7.64. The molecule has 3 nitrogen and oxygen atoms in total. The predicted molar refractivity (Wildman–Crippen MR) is 78.2 cm³/mol. The number of nitrogens with one attached hydrogen (secondary N) is 1. The van der Waals surface area contributed by atoms with Crippen LogP contribution >= 0.6 is 11.8 Å². The van der Waals surface area contributed by atoms with Crippen LogP contribution in [0.4, 0.5) is 4.39 Å². The van der Waals surface area contributed by atoms with Crippen LogP contribution in [0.1, 0.15) is 28.8 Å². The molecule has 1 atom stereocenters. The molecule has 1 aromatic carbocycles. The number of aliphatic hydroxyl groups excluding tert-OH is 1. The molecule has 0 aromatic heterocycles. The maximum atomic E-state index is 13.9. The Labute approximate surface area is 122 Å². The Morgan fingerprint density at radius 3 is 3.05 bits per heavy atom. The number of hydrogen-bond acceptors (Lipinski definition) is 3. The number of rotatable bonds is 3. The van der Waals surface area contributed by atoms with Crippen LogP contribution in [0.15, 0.2) is 18.2 Å². The van der Waals surface area contributed by atoms with Gasteiger partial charge in [-0.25, -0.2) is 4.39 Å². The van der Waals surface area contributed by atoms with Gasteiger partial charge in [-0.3, -0.25) is 4.79 Å². The molecule has 1 aliphatic rings. The van der Waals surface area contributed by atoms with Crippen molar-refractivity contribution >= 4 is 17.7 Å². The van der Waals surface area contributed by atoms with Crippen molar-refractivity contribution in [2.75, 3.05) is 18.1 Å². The van der Waals surface area contributed by atoms with Gasteiger partial charge in [0, 0.05) is 23.8 Å². The second-order valence-corrected chi connectivity index (χ2v) is 5.65. The lowest BCUT2D eigenvalue weighted by Crippen LogP contribution is -2.35. The monoisotopic (exact) mass is 293 g/mol. The standard InChI is InChI=1S/C15H16FNO2S/c16-14-9-11(3-1-2-7-18)4-5-13(14)15(19)17-12-6-8-20-10-12/h4-5,9,12,18H,2,6-8,10H2,(H,17,19). The van der Waals surface area contributed by atoms with E-state index in [2.05, 4.69) is 17.2 Å². The minimum Gasteiger partial charge on any atom is -0.395 e. The highest BCUT2D eigenvalue weighted by atomic mass is 32.2. The van der Waals surface area contributed by atoms with Crippen molar-refractivity contribution in [1.29, 1.82) is 0 Å². The Morgan fingerprint density at radius 2 is 2.40 bits per heavy atom. The van der Waals surface area contributed by atoms with Gasteiger partial charge in [-0.05, 0) is 30.4 Å². The molecule has 0 spiro atoms. The van der Waals surface area contributed by atoms with Gasteiger partial charge in [0.2, 0.25) is 0 Å². The quantitative estimate of drug-likeness (QED) is 0.836. The molecule has 2 N–H and O–H groups in total. The van der Waals surface area contributed by atoms with Gasteiger partial charge < -0.3 is 10.4 Å². The molecule has 1 unspecified atom stereocenters. The summed E-state index contributed by atoms with van der Waals surface area (Å²) >= 11 is 1.79. The Kier molecular flexibility index (Phi) is 5.45. The second kappa shape index (κ2) is 7.32. The molecule has 1 amide bonds. The molecule has 0 aliphatic carbocycles. The van der Waals surface area contributed by atoms with Gasteiger partial charge in [0.05, 0.1) is 12.2 Å². The van der Waals surface area contributed by atoms with Crippen molar-refractivity contribution in [3.63, 3.8) is 0 Å². The van der Waals surface area contributed by atoms with Gasteiger partial charge in [0.1, 0.15) is 5.82 Å². The highest BCUT2D eigenvalue weighted by molar-refractivity contribution is 7.99. The third kappa shape index (κ3) is 3.99. The molecule has 1 aromatic rings. The van der Waals surface area contributed by atoms with Gasteiger partial charge >= 0.3 is 0 Å². The van der Waals surface area contributed by atoms with E-state index in [4.69, 9.17) is 5.11 Å². The molecule has 106 valence electrons. The van der Waals surface area contributed by atoms with E-state index in [0.29, 0.717) is 12.0 Å². The maximum absolute atomic E-state index is 13.9. The number of hydrogen-bond donors (Lipinski definition) is 2. The normalized spacial score (nSPS) is 17.4. The number of carbonyl (C=O) groups excluding carboxylic acids is 1. The summed E-state index contributed by atoms with van der Waals surface area (Å²) in [6, 6.07) is 4.46. The zero-order valence-corrected chi connectivity index (χ0v) is 11.8. The van der Waals surface area contributed by atoms with Crippen LogP contribution in [-0.4, -0.2) is 35.2 Å². The van der Waals surface area contributed by atoms with Gasteiger partial charge in [0.25, 0.3) is 5.91 Å². The number of halogens is 1. The van der Waals surface area contributed by atoms with Crippen LogP contribution in [0.25, 0.3) is 0 Å². The highest BCUT2D eigenvalue weighted by Crippen LogP contribution is 2.18. The number of amides is 1. The lowest BCUT2D eigenvalue weighted by molar-refractivity contribution is 0.0937. The van der Waals surface area contributed by atoms with Crippen LogP contribution in [0.2, 0.25) is 0 Å². The summed E-state index contributed by atoms with van der Waals surface area (Å²) in [6.45, 7) is -0.0185. The van der Waals surface area contributed by atoms with Gasteiger partial charge in [-0.1, -0.05) is 11.8 Å². The average molecular weight is 293 g/mol. The predicted octanol–water partition coefficient (Wildman–Crippen LogP) is 1.79. The first kappa shape index (κ1) is 14.9. The van der Waals surface area contributed by atoms with Gasteiger partial charge in [0.15, 0.2) is 0 Å². The lowest BCUT2D eigenvalue weighted by atomic mass is 10.1. The Hall–Kier alpha value is -1.51. The summed E-state index contributed by atoms with van der Waals surface area (Å²) in [5.41, 5.74) is 0.554. The van der Waals surface area contributed by atoms with E-state index < -0.39 is 5.82 Å². The molecule has 5 heteroatoms. The molecule has 1 fully saturated rings. The summed E-state index contributed by atoms with van der Waals surface area (Å²) in [5.74, 6) is 6.44. The van der Waals surface area contributed by atoms with Crippen molar-refractivity contribution in [2.24, 2.45) is 0 Å². The summed E-state index contributed by atoms with van der Waals surface area (Å²) < 4.78 is 13.9. The molecule has 1 heterocycles. The van der Waals surface area contributed by atoms with Crippen molar-refractivity contribution < 1.29 is 14.3 Å². The Morgan fingerprint density at radius 1 is 1.55 bits per heavy atom. The summed E-state index contributed by atoms with van der Waals surface area (Å²) in [5, 5.41) is 11.5. The largest absolute Gasteiger partial charge is 0.395 e. The van der Waals surface area contributed by atoms with Crippen LogP contribution in [-0.2, 0) is 0 Å². The molecule has 0 radical (unpaired) electrons. The minimum absolute atomic E-state index is 0.0185. The fraction of sp³-hybridized carbons (Fsp3) is 0.400. The number of benzene rings is 1. The highest BCUT2D eigenvalue weighted by Gasteiger charge is 2.20. The van der Waals surface area contributed by atoms with Crippen molar-refractivity contribution in [1.82, 2.24) is 5.32 Å². The molecular weight excluding hydrogens is 277 g/mol. The molecule has 1 saturated heterocycles. The molecular formula is C15H16FNO2S. The maximum Gasteiger partial charge on any atom is 0.254 e. The SMILES string of the molecule is O=C(NC1CCSC1)c1ccc(C#CCCO)cc1F. The van der Waals surface area contributed by atoms with Crippen LogP contribution < -0.4 is 5.32 Å². The Bertz CT molecular complexity index is 545. The Balaban J connectivity index is 2.05. The van der Waals surface area contributed by atoms with E-state index in [1.54, 1.807) is 17.8 Å². The molecule has 0 saturated carbocycles. The van der Waals surface area contributed by atoms with E-state index >= 15 is 0 Å². The third-order valence-corrected chi connectivity index (χ3v) is 4.11. The van der Waals surface area contributed by atoms with Crippen molar-refractivity contribution in [3.05, 3.63) is 35.1 Å². The molecule has 20 heavy (non-hydrogen) atoms. The van der Waals surface area contributed by atoms with E-state index in [9.17, 15) is 9.18 Å². The third-order valence-electron chi connectivity index (χ3n) is 2.95. The minimum atomic E-state index is -0.566. The fourth-order valence-electron chi connectivity index (χ4n) is 1.91. The van der Waals surface area contributed by atoms with Crippen LogP contribution in [0, 0.1) is 17.7 Å². The van der Waals surface area contributed by atoms with Crippen LogP contribution in [0.5, 0.6) is 0 Å². The first-order valence-electron chi connectivity index (χ1n) is 6.48. The number of thioether (sulfide) groups is 1. The van der Waals surface area contributed by atoms with Gasteiger partial charge in [-0.15, -0.1) is 0 Å². The van der Waals surface area contributed by atoms with Gasteiger partial charge in [-0.2, -0.15) is 11.8 Å². The number of aliphatic hydroxyl groups is 1. The topological polar surface area (TPSA) is 49.3 Å². The average Bonchev–Trinajstić information content (AvgIpc) is 2.92. The van der Waals surface area contributed by atoms with E-state index in [1.165, 1.54) is 12.1 Å². The second-order valence-electron chi connectivity index (χ2n) is 4.50. The summed E-state index contributed by atoms with van der Waals surface area (Å²) in [7, 11) is 0. The number of carbonyl (C=O) groups is 1. The zero-order valence-electron chi connectivity index (χ0n) is 11.0. The molecule has 2 rings (SSSR count). The van der Waals surface area contributed by atoms with Crippen molar-refractivity contribution in [3.8, 4) is 11.8 Å². The lowest BCUT2D eigenvalue weighted by Gasteiger charge is -2.11.